The normalized spacial score (nSPS) is 11.5. The second-order valence-corrected chi connectivity index (χ2v) is 6.68. The Balaban J connectivity index is 2.03. The molecule has 7 nitrogen and oxygen atoms in total. The summed E-state index contributed by atoms with van der Waals surface area (Å²) in [6.45, 7) is 5.47. The largest absolute Gasteiger partial charge is 0.436 e. The van der Waals surface area contributed by atoms with Gasteiger partial charge in [0.1, 0.15) is 5.52 Å². The number of non-ortho nitro benzene ring substituents is 1. The Morgan fingerprint density at radius 2 is 1.92 bits per heavy atom. The summed E-state index contributed by atoms with van der Waals surface area (Å²) in [6, 6.07) is 11.4. The number of para-hydroxylation sites is 1. The van der Waals surface area contributed by atoms with Gasteiger partial charge in [0.15, 0.2) is 5.58 Å². The number of nitro groups is 1. The Morgan fingerprint density at radius 1 is 1.20 bits per heavy atom. The monoisotopic (exact) mass is 339 g/mol. The summed E-state index contributed by atoms with van der Waals surface area (Å²) in [4.78, 5) is 27.0. The molecular weight excluding hydrogens is 322 g/mol. The van der Waals surface area contributed by atoms with Gasteiger partial charge >= 0.3 is 0 Å². The molecule has 0 saturated carbocycles. The van der Waals surface area contributed by atoms with Crippen molar-refractivity contribution in [3.63, 3.8) is 0 Å². The van der Waals surface area contributed by atoms with Crippen molar-refractivity contribution in [3.8, 4) is 11.5 Å². The van der Waals surface area contributed by atoms with Crippen LogP contribution >= 0.6 is 0 Å². The Hall–Kier alpha value is -3.22. The van der Waals surface area contributed by atoms with Crippen LogP contribution in [-0.2, 0) is 4.79 Å². The van der Waals surface area contributed by atoms with Crippen LogP contribution in [0, 0.1) is 15.5 Å². The summed E-state index contributed by atoms with van der Waals surface area (Å²) in [5.74, 6) is 0.159. The number of hydrogen-bond acceptors (Lipinski definition) is 5. The topological polar surface area (TPSA) is 98.3 Å². The van der Waals surface area contributed by atoms with Crippen LogP contribution in [-0.4, -0.2) is 15.8 Å². The molecule has 0 aliphatic heterocycles. The fourth-order valence-corrected chi connectivity index (χ4v) is 2.23. The molecule has 1 aromatic heterocycles. The first kappa shape index (κ1) is 16.6. The van der Waals surface area contributed by atoms with Gasteiger partial charge in [-0.25, -0.2) is 4.98 Å². The van der Waals surface area contributed by atoms with Crippen molar-refractivity contribution in [1.29, 1.82) is 0 Å². The third kappa shape index (κ3) is 3.35. The number of amides is 1. The number of benzene rings is 2. The number of carbonyl (C=O) groups is 1. The number of carbonyl (C=O) groups excluding carboxylic acids is 1. The highest BCUT2D eigenvalue weighted by atomic mass is 16.6. The lowest BCUT2D eigenvalue weighted by molar-refractivity contribution is -0.384. The number of oxazole rings is 1. The van der Waals surface area contributed by atoms with Gasteiger partial charge in [0, 0.05) is 17.5 Å². The Bertz CT molecular complexity index is 970. The number of hydrogen-bond donors (Lipinski definition) is 1. The van der Waals surface area contributed by atoms with E-state index in [1.807, 2.05) is 20.8 Å². The fraction of sp³-hybridized carbons (Fsp3) is 0.222. The first-order chi connectivity index (χ1) is 11.8. The minimum Gasteiger partial charge on any atom is -0.436 e. The molecule has 7 heteroatoms. The molecule has 25 heavy (non-hydrogen) atoms. The molecule has 3 rings (SSSR count). The molecule has 0 atom stereocenters. The molecule has 128 valence electrons. The van der Waals surface area contributed by atoms with E-state index in [2.05, 4.69) is 10.3 Å². The van der Waals surface area contributed by atoms with Gasteiger partial charge in [-0.05, 0) is 18.2 Å². The van der Waals surface area contributed by atoms with Crippen molar-refractivity contribution in [2.45, 2.75) is 20.8 Å². The summed E-state index contributed by atoms with van der Waals surface area (Å²) >= 11 is 0. The van der Waals surface area contributed by atoms with Crippen LogP contribution in [0.1, 0.15) is 20.8 Å². The molecule has 3 aromatic rings. The molecule has 0 radical (unpaired) electrons. The predicted octanol–water partition coefficient (Wildman–Crippen LogP) is 4.39. The van der Waals surface area contributed by atoms with Gasteiger partial charge in [0.05, 0.1) is 16.2 Å². The third-order valence-electron chi connectivity index (χ3n) is 3.67. The maximum atomic E-state index is 12.3. The van der Waals surface area contributed by atoms with E-state index in [9.17, 15) is 14.9 Å². The van der Waals surface area contributed by atoms with Crippen LogP contribution in [0.2, 0.25) is 0 Å². The second kappa shape index (κ2) is 6.01. The number of nitro benzene ring substituents is 1. The Kier molecular flexibility index (Phi) is 4.00. The average Bonchev–Trinajstić information content (AvgIpc) is 2.97. The van der Waals surface area contributed by atoms with Crippen molar-refractivity contribution >= 4 is 28.4 Å². The molecular formula is C18H17N3O4. The van der Waals surface area contributed by atoms with Crippen molar-refractivity contribution < 1.29 is 14.1 Å². The lowest BCUT2D eigenvalue weighted by Gasteiger charge is -2.18. The first-order valence-electron chi connectivity index (χ1n) is 7.71. The lowest BCUT2D eigenvalue weighted by atomic mass is 9.95. The molecule has 0 aliphatic rings. The van der Waals surface area contributed by atoms with Gasteiger partial charge in [-0.3, -0.25) is 14.9 Å². The van der Waals surface area contributed by atoms with E-state index in [1.165, 1.54) is 18.2 Å². The summed E-state index contributed by atoms with van der Waals surface area (Å²) < 4.78 is 5.71. The zero-order chi connectivity index (χ0) is 18.2. The summed E-state index contributed by atoms with van der Waals surface area (Å²) in [7, 11) is 0. The van der Waals surface area contributed by atoms with E-state index in [0.717, 1.165) is 0 Å². The molecule has 0 fully saturated rings. The highest BCUT2D eigenvalue weighted by Crippen LogP contribution is 2.32. The molecule has 0 spiro atoms. The van der Waals surface area contributed by atoms with E-state index < -0.39 is 10.3 Å². The zero-order valence-corrected chi connectivity index (χ0v) is 14.1. The van der Waals surface area contributed by atoms with E-state index in [-0.39, 0.29) is 11.6 Å². The summed E-state index contributed by atoms with van der Waals surface area (Å²) in [5.41, 5.74) is 1.41. The molecule has 0 bridgehead atoms. The second-order valence-electron chi connectivity index (χ2n) is 6.68. The summed E-state index contributed by atoms with van der Waals surface area (Å²) in [5, 5.41) is 13.8. The van der Waals surface area contributed by atoms with Gasteiger partial charge in [-0.15, -0.1) is 0 Å². The standard InChI is InChI=1S/C18H17N3O4/c1-18(2,3)17(22)20-13-7-5-4-6-12(13)16-19-14-10-11(21(23)24)8-9-15(14)25-16/h4-10H,1-3H3,(H,20,22). The van der Waals surface area contributed by atoms with E-state index in [1.54, 1.807) is 24.3 Å². The highest BCUT2D eigenvalue weighted by Gasteiger charge is 2.23. The van der Waals surface area contributed by atoms with Crippen LogP contribution in [0.15, 0.2) is 46.9 Å². The third-order valence-corrected chi connectivity index (χ3v) is 3.67. The number of fused-ring (bicyclic) bond motifs is 1. The van der Waals surface area contributed by atoms with Crippen LogP contribution < -0.4 is 5.32 Å². The van der Waals surface area contributed by atoms with Crippen molar-refractivity contribution in [3.05, 3.63) is 52.6 Å². The maximum Gasteiger partial charge on any atom is 0.271 e. The van der Waals surface area contributed by atoms with Crippen LogP contribution in [0.4, 0.5) is 11.4 Å². The van der Waals surface area contributed by atoms with Gasteiger partial charge in [-0.2, -0.15) is 0 Å². The van der Waals surface area contributed by atoms with Crippen molar-refractivity contribution in [2.75, 3.05) is 5.32 Å². The van der Waals surface area contributed by atoms with Crippen molar-refractivity contribution in [1.82, 2.24) is 4.98 Å². The van der Waals surface area contributed by atoms with Crippen molar-refractivity contribution in [2.24, 2.45) is 5.41 Å². The lowest BCUT2D eigenvalue weighted by Crippen LogP contribution is -2.27. The first-order valence-corrected chi connectivity index (χ1v) is 7.71. The zero-order valence-electron chi connectivity index (χ0n) is 14.1. The number of nitrogens with zero attached hydrogens (tertiary/aromatic N) is 2. The quantitative estimate of drug-likeness (QED) is 0.564. The van der Waals surface area contributed by atoms with Crippen LogP contribution in [0.3, 0.4) is 0 Å². The molecule has 2 aromatic carbocycles. The van der Waals surface area contributed by atoms with Gasteiger partial charge in [0.2, 0.25) is 11.8 Å². The fourth-order valence-electron chi connectivity index (χ4n) is 2.23. The highest BCUT2D eigenvalue weighted by molar-refractivity contribution is 5.98. The van der Waals surface area contributed by atoms with E-state index in [4.69, 9.17) is 4.42 Å². The minimum absolute atomic E-state index is 0.0540. The van der Waals surface area contributed by atoms with Gasteiger partial charge < -0.3 is 9.73 Å². The molecule has 1 N–H and O–H groups in total. The van der Waals surface area contributed by atoms with Gasteiger partial charge in [-0.1, -0.05) is 32.9 Å². The Labute approximate surface area is 143 Å². The molecule has 0 saturated heterocycles. The van der Waals surface area contributed by atoms with Crippen LogP contribution in [0.5, 0.6) is 0 Å². The molecule has 0 aliphatic carbocycles. The smallest absolute Gasteiger partial charge is 0.271 e. The number of anilines is 1. The van der Waals surface area contributed by atoms with Crippen LogP contribution in [0.25, 0.3) is 22.6 Å². The molecule has 1 heterocycles. The summed E-state index contributed by atoms with van der Waals surface area (Å²) in [6.07, 6.45) is 0. The predicted molar refractivity (Wildman–Crippen MR) is 94.2 cm³/mol. The molecule has 0 unspecified atom stereocenters. The molecule has 1 amide bonds. The minimum atomic E-state index is -0.547. The number of rotatable bonds is 3. The SMILES string of the molecule is CC(C)(C)C(=O)Nc1ccccc1-c1nc2cc([N+](=O)[O-])ccc2o1. The van der Waals surface area contributed by atoms with E-state index in [0.29, 0.717) is 28.2 Å². The Morgan fingerprint density at radius 3 is 2.60 bits per heavy atom. The average molecular weight is 339 g/mol. The number of aromatic nitrogens is 1. The maximum absolute atomic E-state index is 12.3. The number of nitrogens with one attached hydrogen (secondary N) is 1. The van der Waals surface area contributed by atoms with E-state index >= 15 is 0 Å². The van der Waals surface area contributed by atoms with Gasteiger partial charge in [0.25, 0.3) is 5.69 Å².